The topological polar surface area (TPSA) is 64.1 Å². The minimum atomic E-state index is -0.370. The highest BCUT2D eigenvalue weighted by atomic mass is 79.9. The first-order valence-electron chi connectivity index (χ1n) is 5.70. The third-order valence-electron chi connectivity index (χ3n) is 2.25. The number of hydrogen-bond donors (Lipinski definition) is 1. The van der Waals surface area contributed by atoms with Crippen molar-refractivity contribution in [2.45, 2.75) is 6.92 Å². The van der Waals surface area contributed by atoms with Gasteiger partial charge in [-0.15, -0.1) is 0 Å². The largest absolute Gasteiger partial charge is 0.462 e. The lowest BCUT2D eigenvalue weighted by Crippen LogP contribution is -2.05. The van der Waals surface area contributed by atoms with E-state index in [1.165, 1.54) is 6.20 Å². The average molecular weight is 322 g/mol. The van der Waals surface area contributed by atoms with Gasteiger partial charge in [-0.3, -0.25) is 4.98 Å². The van der Waals surface area contributed by atoms with Crippen molar-refractivity contribution < 1.29 is 9.53 Å². The molecule has 2 rings (SSSR count). The molecule has 19 heavy (non-hydrogen) atoms. The Balaban J connectivity index is 2.08. The zero-order valence-electron chi connectivity index (χ0n) is 10.3. The van der Waals surface area contributed by atoms with Gasteiger partial charge in [-0.25, -0.2) is 9.78 Å². The van der Waals surface area contributed by atoms with E-state index in [0.29, 0.717) is 18.0 Å². The monoisotopic (exact) mass is 321 g/mol. The molecule has 0 saturated carbocycles. The highest BCUT2D eigenvalue weighted by Gasteiger charge is 2.06. The van der Waals surface area contributed by atoms with Gasteiger partial charge in [0, 0.05) is 16.9 Å². The first-order chi connectivity index (χ1) is 9.19. The summed E-state index contributed by atoms with van der Waals surface area (Å²) in [5, 5.41) is 3.09. The molecule has 98 valence electrons. The minimum absolute atomic E-state index is 0.350. The molecule has 0 radical (unpaired) electrons. The Hall–Kier alpha value is -1.95. The van der Waals surface area contributed by atoms with Crippen molar-refractivity contribution in [1.82, 2.24) is 9.97 Å². The van der Waals surface area contributed by atoms with Gasteiger partial charge in [-0.05, 0) is 41.1 Å². The summed E-state index contributed by atoms with van der Waals surface area (Å²) in [5.74, 6) is 0.263. The van der Waals surface area contributed by atoms with Crippen molar-refractivity contribution in [3.05, 3.63) is 46.8 Å². The summed E-state index contributed by atoms with van der Waals surface area (Å²) in [6, 6.07) is 5.26. The molecule has 0 amide bonds. The normalized spacial score (nSPS) is 10.0. The molecular formula is C13H12BrN3O2. The lowest BCUT2D eigenvalue weighted by Gasteiger charge is -2.06. The fourth-order valence-corrected chi connectivity index (χ4v) is 1.80. The third kappa shape index (κ3) is 3.75. The zero-order valence-corrected chi connectivity index (χ0v) is 11.8. The van der Waals surface area contributed by atoms with Crippen LogP contribution in [0.3, 0.4) is 0 Å². The van der Waals surface area contributed by atoms with Crippen LogP contribution < -0.4 is 5.32 Å². The average Bonchev–Trinajstić information content (AvgIpc) is 2.40. The molecule has 0 spiro atoms. The van der Waals surface area contributed by atoms with Gasteiger partial charge >= 0.3 is 5.97 Å². The summed E-state index contributed by atoms with van der Waals surface area (Å²) in [7, 11) is 0. The number of carbonyl (C=O) groups excluding carboxylic acids is 1. The second-order valence-corrected chi connectivity index (χ2v) is 4.59. The molecule has 2 aromatic rings. The van der Waals surface area contributed by atoms with E-state index in [9.17, 15) is 4.79 Å². The van der Waals surface area contributed by atoms with Crippen LogP contribution in [-0.2, 0) is 4.74 Å². The number of nitrogens with one attached hydrogen (secondary N) is 1. The van der Waals surface area contributed by atoms with Crippen LogP contribution >= 0.6 is 15.9 Å². The van der Waals surface area contributed by atoms with Gasteiger partial charge in [-0.2, -0.15) is 0 Å². The Morgan fingerprint density at radius 3 is 2.84 bits per heavy atom. The van der Waals surface area contributed by atoms with Gasteiger partial charge in [0.15, 0.2) is 0 Å². The molecule has 0 aliphatic rings. The molecule has 2 aromatic heterocycles. The SMILES string of the molecule is CCOC(=O)c1ccc(Nc2cncc(Br)c2)nc1. The lowest BCUT2D eigenvalue weighted by atomic mass is 10.3. The van der Waals surface area contributed by atoms with Crippen LogP contribution in [0.5, 0.6) is 0 Å². The van der Waals surface area contributed by atoms with Crippen molar-refractivity contribution in [1.29, 1.82) is 0 Å². The van der Waals surface area contributed by atoms with Gasteiger partial charge in [0.05, 0.1) is 24.1 Å². The Labute approximate surface area is 119 Å². The van der Waals surface area contributed by atoms with E-state index in [-0.39, 0.29) is 5.97 Å². The van der Waals surface area contributed by atoms with Crippen molar-refractivity contribution in [3.63, 3.8) is 0 Å². The predicted octanol–water partition coefficient (Wildman–Crippen LogP) is 3.16. The molecular weight excluding hydrogens is 310 g/mol. The van der Waals surface area contributed by atoms with Gasteiger partial charge in [-0.1, -0.05) is 0 Å². The van der Waals surface area contributed by atoms with Crippen LogP contribution in [0.1, 0.15) is 17.3 Å². The van der Waals surface area contributed by atoms with Crippen LogP contribution in [-0.4, -0.2) is 22.5 Å². The smallest absolute Gasteiger partial charge is 0.339 e. The molecule has 0 aromatic carbocycles. The number of halogens is 1. The van der Waals surface area contributed by atoms with Gasteiger partial charge in [0.25, 0.3) is 0 Å². The summed E-state index contributed by atoms with van der Waals surface area (Å²) >= 11 is 3.34. The summed E-state index contributed by atoms with van der Waals surface area (Å²) in [4.78, 5) is 19.7. The van der Waals surface area contributed by atoms with Crippen molar-refractivity contribution in [2.24, 2.45) is 0 Å². The number of esters is 1. The first kappa shape index (κ1) is 13.5. The van der Waals surface area contributed by atoms with Crippen LogP contribution in [0.15, 0.2) is 41.3 Å². The molecule has 2 heterocycles. The molecule has 0 bridgehead atoms. The number of aromatic nitrogens is 2. The number of anilines is 2. The number of hydrogen-bond acceptors (Lipinski definition) is 5. The summed E-state index contributed by atoms with van der Waals surface area (Å²) < 4.78 is 5.76. The molecule has 5 nitrogen and oxygen atoms in total. The molecule has 0 saturated heterocycles. The number of pyridine rings is 2. The van der Waals surface area contributed by atoms with Crippen LogP contribution in [0, 0.1) is 0 Å². The van der Waals surface area contributed by atoms with Gasteiger partial charge < -0.3 is 10.1 Å². The molecule has 0 fully saturated rings. The quantitative estimate of drug-likeness (QED) is 0.876. The Morgan fingerprint density at radius 1 is 1.37 bits per heavy atom. The molecule has 0 aliphatic heterocycles. The van der Waals surface area contributed by atoms with Gasteiger partial charge in [0.2, 0.25) is 0 Å². The first-order valence-corrected chi connectivity index (χ1v) is 6.49. The Morgan fingerprint density at radius 2 is 2.21 bits per heavy atom. The Bertz CT molecular complexity index is 572. The second kappa shape index (κ2) is 6.29. The lowest BCUT2D eigenvalue weighted by molar-refractivity contribution is 0.0526. The van der Waals surface area contributed by atoms with E-state index < -0.39 is 0 Å². The molecule has 6 heteroatoms. The maximum Gasteiger partial charge on any atom is 0.339 e. The van der Waals surface area contributed by atoms with Crippen LogP contribution in [0.4, 0.5) is 11.5 Å². The molecule has 0 atom stereocenters. The van der Waals surface area contributed by atoms with E-state index in [4.69, 9.17) is 4.74 Å². The van der Waals surface area contributed by atoms with E-state index >= 15 is 0 Å². The number of ether oxygens (including phenoxy) is 1. The number of rotatable bonds is 4. The summed E-state index contributed by atoms with van der Waals surface area (Å²) in [6.45, 7) is 2.12. The highest BCUT2D eigenvalue weighted by Crippen LogP contribution is 2.17. The van der Waals surface area contributed by atoms with Crippen molar-refractivity contribution in [3.8, 4) is 0 Å². The maximum atomic E-state index is 11.5. The highest BCUT2D eigenvalue weighted by molar-refractivity contribution is 9.10. The standard InChI is InChI=1S/C13H12BrN3O2/c1-2-19-13(18)9-3-4-12(16-6-9)17-11-5-10(14)7-15-8-11/h3-8H,2H2,1H3,(H,16,17). The summed E-state index contributed by atoms with van der Waals surface area (Å²) in [5.41, 5.74) is 1.24. The van der Waals surface area contributed by atoms with Crippen molar-refractivity contribution in [2.75, 3.05) is 11.9 Å². The van der Waals surface area contributed by atoms with E-state index in [2.05, 4.69) is 31.2 Å². The maximum absolute atomic E-state index is 11.5. The molecule has 1 N–H and O–H groups in total. The third-order valence-corrected chi connectivity index (χ3v) is 2.69. The summed E-state index contributed by atoms with van der Waals surface area (Å²) in [6.07, 6.45) is 4.86. The van der Waals surface area contributed by atoms with Crippen LogP contribution in [0.2, 0.25) is 0 Å². The number of nitrogens with zero attached hydrogens (tertiary/aromatic N) is 2. The van der Waals surface area contributed by atoms with E-state index in [1.807, 2.05) is 6.07 Å². The predicted molar refractivity (Wildman–Crippen MR) is 75.4 cm³/mol. The molecule has 0 aliphatic carbocycles. The molecule has 0 unspecified atom stereocenters. The van der Waals surface area contributed by atoms with Crippen molar-refractivity contribution >= 4 is 33.4 Å². The Kier molecular flexibility index (Phi) is 4.46. The minimum Gasteiger partial charge on any atom is -0.462 e. The number of carbonyl (C=O) groups is 1. The zero-order chi connectivity index (χ0) is 13.7. The van der Waals surface area contributed by atoms with Crippen LogP contribution in [0.25, 0.3) is 0 Å². The fraction of sp³-hybridized carbons (Fsp3) is 0.154. The fourth-order valence-electron chi connectivity index (χ4n) is 1.43. The van der Waals surface area contributed by atoms with Gasteiger partial charge in [0.1, 0.15) is 5.82 Å². The van der Waals surface area contributed by atoms with E-state index in [1.54, 1.807) is 31.5 Å². The van der Waals surface area contributed by atoms with E-state index in [0.717, 1.165) is 10.2 Å². The second-order valence-electron chi connectivity index (χ2n) is 3.67.